The van der Waals surface area contributed by atoms with Gasteiger partial charge in [0.15, 0.2) is 6.61 Å². The van der Waals surface area contributed by atoms with E-state index in [1.165, 1.54) is 0 Å². The molecule has 4 aromatic rings. The van der Waals surface area contributed by atoms with Crippen molar-refractivity contribution in [3.63, 3.8) is 0 Å². The number of aromatic nitrogens is 4. The average molecular weight is 387 g/mol. The SMILES string of the molecule is Cc1ccc(C)c(OCC(=O)Nc2nccc(-c3c(C)nc4ccccn34)n2)c1. The summed E-state index contributed by atoms with van der Waals surface area (Å²) in [5.74, 6) is 0.594. The van der Waals surface area contributed by atoms with Gasteiger partial charge in [-0.05, 0) is 56.2 Å². The molecule has 0 saturated carbocycles. The molecule has 0 aliphatic rings. The fourth-order valence-corrected chi connectivity index (χ4v) is 3.14. The van der Waals surface area contributed by atoms with Crippen molar-refractivity contribution in [2.75, 3.05) is 11.9 Å². The van der Waals surface area contributed by atoms with Crippen molar-refractivity contribution in [1.29, 1.82) is 0 Å². The summed E-state index contributed by atoms with van der Waals surface area (Å²) >= 11 is 0. The van der Waals surface area contributed by atoms with Crippen molar-refractivity contribution < 1.29 is 9.53 Å². The molecule has 0 saturated heterocycles. The molecule has 3 heterocycles. The van der Waals surface area contributed by atoms with Gasteiger partial charge in [0.1, 0.15) is 11.4 Å². The van der Waals surface area contributed by atoms with E-state index in [2.05, 4.69) is 20.3 Å². The Labute approximate surface area is 168 Å². The molecule has 146 valence electrons. The van der Waals surface area contributed by atoms with Crippen LogP contribution in [0.5, 0.6) is 5.75 Å². The first kappa shape index (κ1) is 18.6. The third-order valence-corrected chi connectivity index (χ3v) is 4.56. The predicted octanol–water partition coefficient (Wildman–Crippen LogP) is 3.73. The number of fused-ring (bicyclic) bond motifs is 1. The number of pyridine rings is 1. The van der Waals surface area contributed by atoms with Crippen molar-refractivity contribution in [2.45, 2.75) is 20.8 Å². The number of hydrogen-bond donors (Lipinski definition) is 1. The number of benzene rings is 1. The second-order valence-electron chi connectivity index (χ2n) is 6.85. The van der Waals surface area contributed by atoms with E-state index in [4.69, 9.17) is 4.74 Å². The van der Waals surface area contributed by atoms with E-state index in [-0.39, 0.29) is 18.5 Å². The lowest BCUT2D eigenvalue weighted by molar-refractivity contribution is -0.118. The summed E-state index contributed by atoms with van der Waals surface area (Å²) in [6.07, 6.45) is 3.55. The van der Waals surface area contributed by atoms with Crippen LogP contribution in [0.4, 0.5) is 5.95 Å². The third kappa shape index (κ3) is 3.94. The fourth-order valence-electron chi connectivity index (χ4n) is 3.14. The van der Waals surface area contributed by atoms with Crippen LogP contribution in [0.25, 0.3) is 17.0 Å². The standard InChI is InChI=1S/C22H21N5O2/c1-14-7-8-15(2)18(12-14)29-13-20(28)26-22-23-10-9-17(25-22)21-16(3)24-19-6-4-5-11-27(19)21/h4-12H,13H2,1-3H3,(H,23,25,26,28). The van der Waals surface area contributed by atoms with E-state index in [9.17, 15) is 4.79 Å². The zero-order valence-corrected chi connectivity index (χ0v) is 16.5. The van der Waals surface area contributed by atoms with Gasteiger partial charge >= 0.3 is 0 Å². The van der Waals surface area contributed by atoms with Gasteiger partial charge in [-0.1, -0.05) is 18.2 Å². The van der Waals surface area contributed by atoms with E-state index in [1.807, 2.05) is 67.8 Å². The zero-order valence-electron chi connectivity index (χ0n) is 16.5. The highest BCUT2D eigenvalue weighted by molar-refractivity contribution is 5.90. The molecule has 0 spiro atoms. The van der Waals surface area contributed by atoms with E-state index in [0.717, 1.165) is 28.2 Å². The van der Waals surface area contributed by atoms with Crippen LogP contribution in [0.15, 0.2) is 54.9 Å². The number of anilines is 1. The van der Waals surface area contributed by atoms with Crippen LogP contribution in [0.1, 0.15) is 16.8 Å². The van der Waals surface area contributed by atoms with Gasteiger partial charge in [-0.2, -0.15) is 0 Å². The Morgan fingerprint density at radius 1 is 1.10 bits per heavy atom. The number of nitrogens with one attached hydrogen (secondary N) is 1. The van der Waals surface area contributed by atoms with E-state index in [1.54, 1.807) is 12.3 Å². The van der Waals surface area contributed by atoms with Crippen LogP contribution in [-0.2, 0) is 4.79 Å². The number of aryl methyl sites for hydroxylation is 3. The van der Waals surface area contributed by atoms with E-state index >= 15 is 0 Å². The summed E-state index contributed by atoms with van der Waals surface area (Å²) in [4.78, 5) is 25.5. The first-order chi connectivity index (χ1) is 14.0. The van der Waals surface area contributed by atoms with Gasteiger partial charge in [0.25, 0.3) is 5.91 Å². The Hall–Kier alpha value is -3.74. The Morgan fingerprint density at radius 2 is 1.97 bits per heavy atom. The highest BCUT2D eigenvalue weighted by Crippen LogP contribution is 2.23. The molecule has 7 heteroatoms. The van der Waals surface area contributed by atoms with Gasteiger partial charge in [-0.25, -0.2) is 15.0 Å². The molecule has 0 fully saturated rings. The van der Waals surface area contributed by atoms with Crippen molar-refractivity contribution in [1.82, 2.24) is 19.4 Å². The molecule has 7 nitrogen and oxygen atoms in total. The summed E-state index contributed by atoms with van der Waals surface area (Å²) in [5.41, 5.74) is 5.29. The Morgan fingerprint density at radius 3 is 2.83 bits per heavy atom. The molecule has 3 aromatic heterocycles. The Kier molecular flexibility index (Phi) is 4.95. The molecule has 1 amide bonds. The van der Waals surface area contributed by atoms with Crippen molar-refractivity contribution in [2.24, 2.45) is 0 Å². The largest absolute Gasteiger partial charge is 0.483 e. The maximum atomic E-state index is 12.3. The maximum absolute atomic E-state index is 12.3. The Bertz CT molecular complexity index is 1200. The maximum Gasteiger partial charge on any atom is 0.264 e. The molecule has 1 N–H and O–H groups in total. The molecular formula is C22H21N5O2. The minimum absolute atomic E-state index is 0.119. The molecule has 0 aliphatic carbocycles. The smallest absolute Gasteiger partial charge is 0.264 e. The van der Waals surface area contributed by atoms with E-state index < -0.39 is 0 Å². The highest BCUT2D eigenvalue weighted by atomic mass is 16.5. The number of carbonyl (C=O) groups excluding carboxylic acids is 1. The van der Waals surface area contributed by atoms with Crippen LogP contribution in [0.3, 0.4) is 0 Å². The topological polar surface area (TPSA) is 81.4 Å². The molecule has 0 atom stereocenters. The molecule has 0 unspecified atom stereocenters. The second kappa shape index (κ2) is 7.71. The lowest BCUT2D eigenvalue weighted by Gasteiger charge is -2.10. The van der Waals surface area contributed by atoms with Gasteiger partial charge in [-0.15, -0.1) is 0 Å². The summed E-state index contributed by atoms with van der Waals surface area (Å²) < 4.78 is 7.61. The van der Waals surface area contributed by atoms with Crippen molar-refractivity contribution in [3.05, 3.63) is 71.7 Å². The molecule has 29 heavy (non-hydrogen) atoms. The van der Waals surface area contributed by atoms with Crippen LogP contribution in [-0.4, -0.2) is 31.9 Å². The van der Waals surface area contributed by atoms with Crippen LogP contribution >= 0.6 is 0 Å². The third-order valence-electron chi connectivity index (χ3n) is 4.56. The summed E-state index contributed by atoms with van der Waals surface area (Å²) in [7, 11) is 0. The summed E-state index contributed by atoms with van der Waals surface area (Å²) in [6.45, 7) is 5.73. The average Bonchev–Trinajstić information content (AvgIpc) is 3.04. The van der Waals surface area contributed by atoms with Crippen molar-refractivity contribution >= 4 is 17.5 Å². The van der Waals surface area contributed by atoms with Crippen LogP contribution in [0.2, 0.25) is 0 Å². The van der Waals surface area contributed by atoms with Gasteiger partial charge in [0.2, 0.25) is 5.95 Å². The molecule has 0 radical (unpaired) electrons. The number of ether oxygens (including phenoxy) is 1. The minimum atomic E-state index is -0.321. The molecule has 1 aromatic carbocycles. The number of imidazole rings is 1. The first-order valence-corrected chi connectivity index (χ1v) is 9.28. The van der Waals surface area contributed by atoms with Crippen LogP contribution < -0.4 is 10.1 Å². The zero-order chi connectivity index (χ0) is 20.4. The second-order valence-corrected chi connectivity index (χ2v) is 6.85. The van der Waals surface area contributed by atoms with Gasteiger partial charge in [0, 0.05) is 12.4 Å². The summed E-state index contributed by atoms with van der Waals surface area (Å²) in [6, 6.07) is 13.5. The molecule has 0 bridgehead atoms. The number of rotatable bonds is 5. The minimum Gasteiger partial charge on any atom is -0.483 e. The normalized spacial score (nSPS) is 10.9. The number of amides is 1. The number of carbonyl (C=O) groups is 1. The summed E-state index contributed by atoms with van der Waals surface area (Å²) in [5, 5.41) is 2.70. The first-order valence-electron chi connectivity index (χ1n) is 9.28. The fraction of sp³-hybridized carbons (Fsp3) is 0.182. The van der Waals surface area contributed by atoms with Crippen molar-refractivity contribution in [3.8, 4) is 17.1 Å². The van der Waals surface area contributed by atoms with Gasteiger partial charge < -0.3 is 4.74 Å². The number of nitrogens with zero attached hydrogens (tertiary/aromatic N) is 4. The molecular weight excluding hydrogens is 366 g/mol. The van der Waals surface area contributed by atoms with Gasteiger partial charge in [-0.3, -0.25) is 14.5 Å². The molecule has 4 rings (SSSR count). The van der Waals surface area contributed by atoms with E-state index in [0.29, 0.717) is 11.4 Å². The molecule has 0 aliphatic heterocycles. The highest BCUT2D eigenvalue weighted by Gasteiger charge is 2.14. The van der Waals surface area contributed by atoms with Gasteiger partial charge in [0.05, 0.1) is 17.1 Å². The Balaban J connectivity index is 1.51. The number of hydrogen-bond acceptors (Lipinski definition) is 5. The lowest BCUT2D eigenvalue weighted by atomic mass is 10.1. The quantitative estimate of drug-likeness (QED) is 0.564. The predicted molar refractivity (Wildman–Crippen MR) is 111 cm³/mol. The van der Waals surface area contributed by atoms with Crippen LogP contribution in [0, 0.1) is 20.8 Å². The monoisotopic (exact) mass is 387 g/mol. The lowest BCUT2D eigenvalue weighted by Crippen LogP contribution is -2.21.